The number of ether oxygens (including phenoxy) is 1. The van der Waals surface area contributed by atoms with Crippen LogP contribution < -0.4 is 0 Å². The Balaban J connectivity index is 1.69. The number of fused-ring (bicyclic) bond motifs is 1. The van der Waals surface area contributed by atoms with Crippen LogP contribution in [0.5, 0.6) is 0 Å². The molecule has 0 unspecified atom stereocenters. The molecule has 0 aliphatic carbocycles. The molecule has 122 valence electrons. The summed E-state index contributed by atoms with van der Waals surface area (Å²) in [5, 5.41) is 4.51. The van der Waals surface area contributed by atoms with Crippen molar-refractivity contribution in [1.82, 2.24) is 19.6 Å². The van der Waals surface area contributed by atoms with Gasteiger partial charge in [-0.05, 0) is 20.3 Å². The number of aryl methyl sites for hydroxylation is 2. The van der Waals surface area contributed by atoms with E-state index in [1.807, 2.05) is 23.7 Å². The standard InChI is InChI=1S/C16H26N4O2/c1-11-14(12(2)19(4)17-11)9-20-6-5-15-13(8-20)7-18(3)16(21)10-22-15/h13,15H,5-10H2,1-4H3/t13-,15-/m0/s1. The summed E-state index contributed by atoms with van der Waals surface area (Å²) in [6.45, 7) is 8.18. The third kappa shape index (κ3) is 2.90. The predicted molar refractivity (Wildman–Crippen MR) is 83.4 cm³/mol. The SMILES string of the molecule is Cc1nn(C)c(C)c1CN1CC[C@@H]2OCC(=O)N(C)C[C@H]2C1. The van der Waals surface area contributed by atoms with E-state index in [4.69, 9.17) is 4.74 Å². The summed E-state index contributed by atoms with van der Waals surface area (Å²) in [7, 11) is 3.88. The lowest BCUT2D eigenvalue weighted by Crippen LogP contribution is -2.46. The Morgan fingerprint density at radius 3 is 2.73 bits per heavy atom. The highest BCUT2D eigenvalue weighted by atomic mass is 16.5. The number of rotatable bonds is 2. The zero-order valence-corrected chi connectivity index (χ0v) is 14.0. The maximum absolute atomic E-state index is 11.8. The highest BCUT2D eigenvalue weighted by molar-refractivity contribution is 5.77. The Morgan fingerprint density at radius 2 is 2.05 bits per heavy atom. The molecule has 6 nitrogen and oxygen atoms in total. The fourth-order valence-electron chi connectivity index (χ4n) is 3.64. The van der Waals surface area contributed by atoms with Crippen molar-refractivity contribution in [2.75, 3.05) is 33.3 Å². The van der Waals surface area contributed by atoms with Crippen LogP contribution in [-0.2, 0) is 23.1 Å². The number of hydrogen-bond acceptors (Lipinski definition) is 4. The van der Waals surface area contributed by atoms with Crippen LogP contribution in [0.2, 0.25) is 0 Å². The average Bonchev–Trinajstić information content (AvgIpc) is 2.64. The number of amides is 1. The predicted octanol–water partition coefficient (Wildman–Crippen LogP) is 0.716. The van der Waals surface area contributed by atoms with Crippen molar-refractivity contribution >= 4 is 5.91 Å². The molecule has 1 aromatic rings. The zero-order chi connectivity index (χ0) is 15.9. The monoisotopic (exact) mass is 306 g/mol. The van der Waals surface area contributed by atoms with E-state index in [9.17, 15) is 4.79 Å². The second-order valence-corrected chi connectivity index (χ2v) is 6.68. The highest BCUT2D eigenvalue weighted by Gasteiger charge is 2.35. The molecule has 2 aliphatic rings. The summed E-state index contributed by atoms with van der Waals surface area (Å²) in [4.78, 5) is 16.1. The lowest BCUT2D eigenvalue weighted by Gasteiger charge is -2.37. The molecule has 22 heavy (non-hydrogen) atoms. The van der Waals surface area contributed by atoms with E-state index in [2.05, 4.69) is 23.8 Å². The van der Waals surface area contributed by atoms with Gasteiger partial charge in [-0.3, -0.25) is 14.4 Å². The zero-order valence-electron chi connectivity index (χ0n) is 14.0. The molecule has 0 bridgehead atoms. The maximum Gasteiger partial charge on any atom is 0.248 e. The number of likely N-dealkylation sites (N-methyl/N-ethyl adjacent to an activating group) is 1. The minimum Gasteiger partial charge on any atom is -0.368 e. The molecular weight excluding hydrogens is 280 g/mol. The molecule has 1 amide bonds. The Bertz CT molecular complexity index is 569. The maximum atomic E-state index is 11.8. The molecule has 3 heterocycles. The van der Waals surface area contributed by atoms with E-state index in [0.717, 1.165) is 38.3 Å². The van der Waals surface area contributed by atoms with Gasteiger partial charge in [0.25, 0.3) is 0 Å². The van der Waals surface area contributed by atoms with E-state index in [1.165, 1.54) is 11.3 Å². The quantitative estimate of drug-likeness (QED) is 0.808. The van der Waals surface area contributed by atoms with Gasteiger partial charge in [0, 0.05) is 57.4 Å². The Kier molecular flexibility index (Phi) is 4.23. The largest absolute Gasteiger partial charge is 0.368 e. The number of carbonyl (C=O) groups excluding carboxylic acids is 1. The average molecular weight is 306 g/mol. The van der Waals surface area contributed by atoms with Gasteiger partial charge in [0.15, 0.2) is 0 Å². The molecule has 2 atom stereocenters. The number of nitrogens with zero attached hydrogens (tertiary/aromatic N) is 4. The summed E-state index contributed by atoms with van der Waals surface area (Å²) in [5.74, 6) is 0.502. The van der Waals surface area contributed by atoms with Crippen LogP contribution in [0.1, 0.15) is 23.4 Å². The van der Waals surface area contributed by atoms with Crippen molar-refractivity contribution in [3.63, 3.8) is 0 Å². The smallest absolute Gasteiger partial charge is 0.248 e. The Labute approximate surface area is 132 Å². The molecule has 3 rings (SSSR count). The van der Waals surface area contributed by atoms with Crippen molar-refractivity contribution in [3.8, 4) is 0 Å². The van der Waals surface area contributed by atoms with Crippen LogP contribution in [-0.4, -0.2) is 64.9 Å². The molecule has 0 radical (unpaired) electrons. The van der Waals surface area contributed by atoms with Crippen LogP contribution in [0, 0.1) is 19.8 Å². The summed E-state index contributed by atoms with van der Waals surface area (Å²) < 4.78 is 7.76. The van der Waals surface area contributed by atoms with Crippen molar-refractivity contribution in [2.24, 2.45) is 13.0 Å². The number of hydrogen-bond donors (Lipinski definition) is 0. The summed E-state index contributed by atoms with van der Waals surface area (Å²) in [5.41, 5.74) is 3.69. The van der Waals surface area contributed by atoms with Crippen LogP contribution in [0.4, 0.5) is 0 Å². The first-order chi connectivity index (χ1) is 10.5. The van der Waals surface area contributed by atoms with Crippen molar-refractivity contribution in [1.29, 1.82) is 0 Å². The minimum absolute atomic E-state index is 0.0971. The van der Waals surface area contributed by atoms with Crippen LogP contribution in [0.3, 0.4) is 0 Å². The molecule has 0 saturated carbocycles. The van der Waals surface area contributed by atoms with Gasteiger partial charge in [0.1, 0.15) is 6.61 Å². The molecule has 6 heteroatoms. The highest BCUT2D eigenvalue weighted by Crippen LogP contribution is 2.25. The summed E-state index contributed by atoms with van der Waals surface area (Å²) in [6.07, 6.45) is 1.23. The first-order valence-electron chi connectivity index (χ1n) is 8.02. The van der Waals surface area contributed by atoms with Gasteiger partial charge in [0.05, 0.1) is 11.8 Å². The Hall–Kier alpha value is -1.40. The number of carbonyl (C=O) groups is 1. The number of piperidine rings is 1. The summed E-state index contributed by atoms with van der Waals surface area (Å²) >= 11 is 0. The fourth-order valence-corrected chi connectivity index (χ4v) is 3.64. The van der Waals surface area contributed by atoms with Gasteiger partial charge in [-0.2, -0.15) is 5.10 Å². The molecule has 2 saturated heterocycles. The van der Waals surface area contributed by atoms with Gasteiger partial charge < -0.3 is 9.64 Å². The fraction of sp³-hybridized carbons (Fsp3) is 0.750. The van der Waals surface area contributed by atoms with Crippen molar-refractivity contribution in [3.05, 3.63) is 17.0 Å². The van der Waals surface area contributed by atoms with Gasteiger partial charge in [0.2, 0.25) is 5.91 Å². The van der Waals surface area contributed by atoms with Gasteiger partial charge >= 0.3 is 0 Å². The number of aromatic nitrogens is 2. The molecular formula is C16H26N4O2. The first kappa shape index (κ1) is 15.5. The third-order valence-corrected chi connectivity index (χ3v) is 5.14. The van der Waals surface area contributed by atoms with Crippen LogP contribution in [0.15, 0.2) is 0 Å². The second kappa shape index (κ2) is 6.01. The first-order valence-corrected chi connectivity index (χ1v) is 8.02. The lowest BCUT2D eigenvalue weighted by molar-refractivity contribution is -0.133. The van der Waals surface area contributed by atoms with E-state index >= 15 is 0 Å². The van der Waals surface area contributed by atoms with Crippen LogP contribution >= 0.6 is 0 Å². The second-order valence-electron chi connectivity index (χ2n) is 6.68. The normalized spacial score (nSPS) is 26.9. The van der Waals surface area contributed by atoms with Crippen LogP contribution in [0.25, 0.3) is 0 Å². The number of likely N-dealkylation sites (tertiary alicyclic amines) is 1. The molecule has 0 N–H and O–H groups in total. The van der Waals surface area contributed by atoms with E-state index in [-0.39, 0.29) is 18.6 Å². The molecule has 2 aliphatic heterocycles. The van der Waals surface area contributed by atoms with Gasteiger partial charge in [-0.1, -0.05) is 0 Å². The molecule has 2 fully saturated rings. The third-order valence-electron chi connectivity index (χ3n) is 5.14. The Morgan fingerprint density at radius 1 is 1.27 bits per heavy atom. The van der Waals surface area contributed by atoms with Crippen molar-refractivity contribution < 1.29 is 9.53 Å². The van der Waals surface area contributed by atoms with Gasteiger partial charge in [-0.15, -0.1) is 0 Å². The van der Waals surface area contributed by atoms with Gasteiger partial charge in [-0.25, -0.2) is 0 Å². The molecule has 0 spiro atoms. The molecule has 0 aromatic carbocycles. The minimum atomic E-state index is 0.0971. The van der Waals surface area contributed by atoms with Crippen molar-refractivity contribution in [2.45, 2.75) is 32.9 Å². The summed E-state index contributed by atoms with van der Waals surface area (Å²) in [6, 6.07) is 0. The lowest BCUT2D eigenvalue weighted by atomic mass is 9.93. The van der Waals surface area contributed by atoms with E-state index in [0.29, 0.717) is 5.92 Å². The van der Waals surface area contributed by atoms with E-state index in [1.54, 1.807) is 0 Å². The van der Waals surface area contributed by atoms with E-state index < -0.39 is 0 Å². The topological polar surface area (TPSA) is 50.6 Å². The molecule has 1 aromatic heterocycles.